The first kappa shape index (κ1) is 8.57. The van der Waals surface area contributed by atoms with Crippen LogP contribution in [0.1, 0.15) is 11.1 Å². The van der Waals surface area contributed by atoms with Gasteiger partial charge in [0.15, 0.2) is 0 Å². The van der Waals surface area contributed by atoms with Gasteiger partial charge in [-0.2, -0.15) is 0 Å². The molecule has 2 nitrogen and oxygen atoms in total. The second-order valence-electron chi connectivity index (χ2n) is 3.83. The summed E-state index contributed by atoms with van der Waals surface area (Å²) < 4.78 is 0. The standard InChI is InChI=1S/C11H16N2/c1-9-3-4-11-10(7-9)5-6-13(2)8-12-11/h3-4,7,12H,5-6,8H2,1-2H3. The van der Waals surface area contributed by atoms with Gasteiger partial charge in [0.2, 0.25) is 0 Å². The van der Waals surface area contributed by atoms with Gasteiger partial charge in [-0.25, -0.2) is 0 Å². The second-order valence-corrected chi connectivity index (χ2v) is 3.83. The number of benzene rings is 1. The molecule has 0 bridgehead atoms. The van der Waals surface area contributed by atoms with Crippen LogP contribution in [0.2, 0.25) is 0 Å². The van der Waals surface area contributed by atoms with Crippen LogP contribution in [0.15, 0.2) is 18.2 Å². The summed E-state index contributed by atoms with van der Waals surface area (Å²) in [4.78, 5) is 2.30. The van der Waals surface area contributed by atoms with Crippen LogP contribution in [0.5, 0.6) is 0 Å². The second kappa shape index (κ2) is 3.38. The lowest BCUT2D eigenvalue weighted by molar-refractivity contribution is 0.369. The molecule has 0 saturated carbocycles. The number of nitrogens with zero attached hydrogens (tertiary/aromatic N) is 1. The first-order valence-electron chi connectivity index (χ1n) is 4.77. The average molecular weight is 176 g/mol. The molecule has 0 radical (unpaired) electrons. The number of anilines is 1. The van der Waals surface area contributed by atoms with Crippen molar-refractivity contribution in [3.63, 3.8) is 0 Å². The maximum atomic E-state index is 3.43. The van der Waals surface area contributed by atoms with Crippen molar-refractivity contribution in [1.29, 1.82) is 0 Å². The van der Waals surface area contributed by atoms with Crippen LogP contribution in [-0.4, -0.2) is 25.2 Å². The summed E-state index contributed by atoms with van der Waals surface area (Å²) in [6.45, 7) is 4.24. The molecular formula is C11H16N2. The number of hydrogen-bond acceptors (Lipinski definition) is 2. The van der Waals surface area contributed by atoms with E-state index in [0.29, 0.717) is 0 Å². The van der Waals surface area contributed by atoms with Crippen molar-refractivity contribution in [3.8, 4) is 0 Å². The van der Waals surface area contributed by atoms with Crippen LogP contribution in [0.3, 0.4) is 0 Å². The lowest BCUT2D eigenvalue weighted by Gasteiger charge is -2.12. The third-order valence-corrected chi connectivity index (χ3v) is 2.56. The fraction of sp³-hybridized carbons (Fsp3) is 0.455. The van der Waals surface area contributed by atoms with E-state index in [2.05, 4.69) is 42.4 Å². The predicted octanol–water partition coefficient (Wildman–Crippen LogP) is 1.85. The molecule has 1 heterocycles. The minimum absolute atomic E-state index is 0.954. The highest BCUT2D eigenvalue weighted by Gasteiger charge is 2.09. The topological polar surface area (TPSA) is 15.3 Å². The Labute approximate surface area is 79.6 Å². The summed E-state index contributed by atoms with van der Waals surface area (Å²) in [6.07, 6.45) is 1.15. The van der Waals surface area contributed by atoms with Gasteiger partial charge in [-0.3, -0.25) is 4.90 Å². The predicted molar refractivity (Wildman–Crippen MR) is 56.0 cm³/mol. The lowest BCUT2D eigenvalue weighted by atomic mass is 10.1. The summed E-state index contributed by atoms with van der Waals surface area (Å²) in [5, 5.41) is 3.43. The molecule has 0 fully saturated rings. The highest BCUT2D eigenvalue weighted by Crippen LogP contribution is 2.20. The van der Waals surface area contributed by atoms with Gasteiger partial charge < -0.3 is 5.32 Å². The van der Waals surface area contributed by atoms with Crippen molar-refractivity contribution in [2.24, 2.45) is 0 Å². The Morgan fingerprint density at radius 1 is 1.38 bits per heavy atom. The number of rotatable bonds is 0. The smallest absolute Gasteiger partial charge is 0.0676 e. The highest BCUT2D eigenvalue weighted by atomic mass is 15.2. The van der Waals surface area contributed by atoms with Crippen molar-refractivity contribution >= 4 is 5.69 Å². The molecular weight excluding hydrogens is 160 g/mol. The van der Waals surface area contributed by atoms with Crippen LogP contribution >= 0.6 is 0 Å². The molecule has 0 atom stereocenters. The van der Waals surface area contributed by atoms with E-state index in [1.165, 1.54) is 16.8 Å². The fourth-order valence-electron chi connectivity index (χ4n) is 1.71. The van der Waals surface area contributed by atoms with Gasteiger partial charge in [-0.1, -0.05) is 17.7 Å². The van der Waals surface area contributed by atoms with Gasteiger partial charge in [-0.05, 0) is 32.0 Å². The molecule has 1 aliphatic rings. The van der Waals surface area contributed by atoms with Crippen molar-refractivity contribution in [1.82, 2.24) is 4.90 Å². The largest absolute Gasteiger partial charge is 0.372 e. The summed E-state index contributed by atoms with van der Waals surface area (Å²) in [7, 11) is 2.14. The summed E-state index contributed by atoms with van der Waals surface area (Å²) >= 11 is 0. The molecule has 0 aliphatic carbocycles. The van der Waals surface area contributed by atoms with Gasteiger partial charge in [0.05, 0.1) is 6.67 Å². The summed E-state index contributed by atoms with van der Waals surface area (Å²) in [5.41, 5.74) is 4.10. The Balaban J connectivity index is 2.30. The molecule has 1 aromatic rings. The Morgan fingerprint density at radius 3 is 3.08 bits per heavy atom. The maximum absolute atomic E-state index is 3.43. The van der Waals surface area contributed by atoms with Gasteiger partial charge in [-0.15, -0.1) is 0 Å². The molecule has 1 N–H and O–H groups in total. The van der Waals surface area contributed by atoms with E-state index < -0.39 is 0 Å². The number of likely N-dealkylation sites (N-methyl/N-ethyl adjacent to an activating group) is 1. The Morgan fingerprint density at radius 2 is 2.23 bits per heavy atom. The minimum atomic E-state index is 0.954. The zero-order valence-corrected chi connectivity index (χ0v) is 8.30. The van der Waals surface area contributed by atoms with E-state index in [1.54, 1.807) is 0 Å². The van der Waals surface area contributed by atoms with Crippen molar-refractivity contribution in [2.75, 3.05) is 25.6 Å². The normalized spacial score (nSPS) is 17.4. The van der Waals surface area contributed by atoms with E-state index in [9.17, 15) is 0 Å². The summed E-state index contributed by atoms with van der Waals surface area (Å²) in [5.74, 6) is 0. The summed E-state index contributed by atoms with van der Waals surface area (Å²) in [6, 6.07) is 6.63. The van der Waals surface area contributed by atoms with Gasteiger partial charge in [0.1, 0.15) is 0 Å². The molecule has 70 valence electrons. The minimum Gasteiger partial charge on any atom is -0.372 e. The van der Waals surface area contributed by atoms with Crippen molar-refractivity contribution in [3.05, 3.63) is 29.3 Å². The van der Waals surface area contributed by atoms with Crippen LogP contribution < -0.4 is 5.32 Å². The molecule has 1 aliphatic heterocycles. The van der Waals surface area contributed by atoms with E-state index in [0.717, 1.165) is 19.6 Å². The molecule has 0 spiro atoms. The van der Waals surface area contributed by atoms with Crippen LogP contribution in [-0.2, 0) is 6.42 Å². The van der Waals surface area contributed by atoms with Crippen LogP contribution in [0, 0.1) is 6.92 Å². The third-order valence-electron chi connectivity index (χ3n) is 2.56. The molecule has 0 saturated heterocycles. The monoisotopic (exact) mass is 176 g/mol. The van der Waals surface area contributed by atoms with E-state index >= 15 is 0 Å². The quantitative estimate of drug-likeness (QED) is 0.649. The number of aryl methyl sites for hydroxylation is 1. The maximum Gasteiger partial charge on any atom is 0.0676 e. The zero-order chi connectivity index (χ0) is 9.26. The van der Waals surface area contributed by atoms with Crippen LogP contribution in [0.4, 0.5) is 5.69 Å². The number of hydrogen-bond donors (Lipinski definition) is 1. The van der Waals surface area contributed by atoms with Gasteiger partial charge in [0.25, 0.3) is 0 Å². The first-order valence-corrected chi connectivity index (χ1v) is 4.77. The number of fused-ring (bicyclic) bond motifs is 1. The molecule has 0 aromatic heterocycles. The fourth-order valence-corrected chi connectivity index (χ4v) is 1.71. The molecule has 13 heavy (non-hydrogen) atoms. The highest BCUT2D eigenvalue weighted by molar-refractivity contribution is 5.53. The molecule has 1 aromatic carbocycles. The van der Waals surface area contributed by atoms with E-state index in [-0.39, 0.29) is 0 Å². The molecule has 2 rings (SSSR count). The third kappa shape index (κ3) is 1.83. The van der Waals surface area contributed by atoms with E-state index in [1.807, 2.05) is 0 Å². The molecule has 0 unspecified atom stereocenters. The molecule has 0 amide bonds. The van der Waals surface area contributed by atoms with Gasteiger partial charge >= 0.3 is 0 Å². The van der Waals surface area contributed by atoms with Crippen molar-refractivity contribution < 1.29 is 0 Å². The van der Waals surface area contributed by atoms with E-state index in [4.69, 9.17) is 0 Å². The molecule has 2 heteroatoms. The Kier molecular flexibility index (Phi) is 2.23. The Hall–Kier alpha value is -1.02. The van der Waals surface area contributed by atoms with Gasteiger partial charge in [0, 0.05) is 12.2 Å². The van der Waals surface area contributed by atoms with Crippen LogP contribution in [0.25, 0.3) is 0 Å². The SMILES string of the molecule is Cc1ccc2c(c1)CCN(C)CN2. The zero-order valence-electron chi connectivity index (χ0n) is 8.30. The number of nitrogens with one attached hydrogen (secondary N) is 1. The first-order chi connectivity index (χ1) is 6.25. The Bertz CT molecular complexity index is 307. The van der Waals surface area contributed by atoms with Crippen molar-refractivity contribution in [2.45, 2.75) is 13.3 Å². The lowest BCUT2D eigenvalue weighted by Crippen LogP contribution is -2.24. The average Bonchev–Trinajstić information content (AvgIpc) is 2.29.